The van der Waals surface area contributed by atoms with Crippen LogP contribution >= 0.6 is 12.6 Å². The molecule has 0 aliphatic rings. The molecule has 0 N–H and O–H groups in total. The number of methoxy groups -OCH3 is 1. The zero-order chi connectivity index (χ0) is 12.1. The highest BCUT2D eigenvalue weighted by molar-refractivity contribution is 7.80. The molecule has 90 valence electrons. The molecule has 1 rings (SSSR count). The summed E-state index contributed by atoms with van der Waals surface area (Å²) in [6.45, 7) is 0. The Balaban J connectivity index is 3.10. The summed E-state index contributed by atoms with van der Waals surface area (Å²) in [7, 11) is 5.54. The number of halogens is 1. The Morgan fingerprint density at radius 3 is 2.62 bits per heavy atom. The van der Waals surface area contributed by atoms with Crippen LogP contribution < -0.4 is 4.74 Å². The first-order valence-electron chi connectivity index (χ1n) is 5.21. The first-order chi connectivity index (χ1) is 7.60. The molecule has 1 unspecified atom stereocenters. The van der Waals surface area contributed by atoms with Crippen molar-refractivity contribution in [3.8, 4) is 5.75 Å². The first-order valence-corrected chi connectivity index (χ1v) is 5.84. The van der Waals surface area contributed by atoms with Crippen LogP contribution in [0.25, 0.3) is 0 Å². The third-order valence-electron chi connectivity index (χ3n) is 2.58. The molecule has 0 amide bonds. The number of nitrogens with zero attached hydrogens (tertiary/aromatic N) is 1. The van der Waals surface area contributed by atoms with Gasteiger partial charge in [0.05, 0.1) is 7.11 Å². The Morgan fingerprint density at radius 2 is 2.12 bits per heavy atom. The van der Waals surface area contributed by atoms with E-state index in [1.165, 1.54) is 12.1 Å². The maximum absolute atomic E-state index is 13.3. The van der Waals surface area contributed by atoms with Crippen LogP contribution in [0.2, 0.25) is 0 Å². The Labute approximate surface area is 102 Å². The van der Waals surface area contributed by atoms with E-state index in [4.69, 9.17) is 4.74 Å². The van der Waals surface area contributed by atoms with Gasteiger partial charge in [-0.25, -0.2) is 4.39 Å². The summed E-state index contributed by atoms with van der Waals surface area (Å²) in [6.07, 6.45) is 0.857. The standard InChI is InChI=1S/C12H18FNOS/c1-14(2)11(6-7-16)10-8-9(13)4-5-12(10)15-3/h4-5,8,11,16H,6-7H2,1-3H3. The molecule has 0 spiro atoms. The number of hydrogen-bond donors (Lipinski definition) is 1. The zero-order valence-electron chi connectivity index (χ0n) is 9.90. The Morgan fingerprint density at radius 1 is 1.44 bits per heavy atom. The van der Waals surface area contributed by atoms with Gasteiger partial charge < -0.3 is 9.64 Å². The molecule has 4 heteroatoms. The molecule has 0 fully saturated rings. The van der Waals surface area contributed by atoms with Crippen LogP contribution in [0, 0.1) is 5.82 Å². The van der Waals surface area contributed by atoms with E-state index in [9.17, 15) is 4.39 Å². The van der Waals surface area contributed by atoms with Gasteiger partial charge in [0.1, 0.15) is 11.6 Å². The summed E-state index contributed by atoms with van der Waals surface area (Å²) in [5.41, 5.74) is 0.876. The van der Waals surface area contributed by atoms with Gasteiger partial charge in [0, 0.05) is 11.6 Å². The van der Waals surface area contributed by atoms with Crippen molar-refractivity contribution in [2.24, 2.45) is 0 Å². The topological polar surface area (TPSA) is 12.5 Å². The molecule has 0 saturated heterocycles. The van der Waals surface area contributed by atoms with Gasteiger partial charge in [0.25, 0.3) is 0 Å². The molecule has 0 aromatic heterocycles. The number of benzene rings is 1. The predicted octanol–water partition coefficient (Wildman–Crippen LogP) is 2.76. The smallest absolute Gasteiger partial charge is 0.123 e. The largest absolute Gasteiger partial charge is 0.496 e. The van der Waals surface area contributed by atoms with Gasteiger partial charge >= 0.3 is 0 Å². The lowest BCUT2D eigenvalue weighted by atomic mass is 10.0. The molecule has 2 nitrogen and oxygen atoms in total. The summed E-state index contributed by atoms with van der Waals surface area (Å²) in [4.78, 5) is 2.05. The van der Waals surface area contributed by atoms with Gasteiger partial charge in [0.15, 0.2) is 0 Å². The van der Waals surface area contributed by atoms with Crippen molar-refractivity contribution in [3.05, 3.63) is 29.6 Å². The number of ether oxygens (including phenoxy) is 1. The van der Waals surface area contributed by atoms with Gasteiger partial charge in [-0.1, -0.05) is 0 Å². The average molecular weight is 243 g/mol. The minimum Gasteiger partial charge on any atom is -0.496 e. The zero-order valence-corrected chi connectivity index (χ0v) is 10.8. The minimum atomic E-state index is -0.234. The maximum Gasteiger partial charge on any atom is 0.123 e. The second-order valence-corrected chi connectivity index (χ2v) is 4.33. The van der Waals surface area contributed by atoms with Crippen molar-refractivity contribution in [1.29, 1.82) is 0 Å². The van der Waals surface area contributed by atoms with Crippen molar-refractivity contribution >= 4 is 12.6 Å². The van der Waals surface area contributed by atoms with E-state index in [0.717, 1.165) is 23.5 Å². The molecule has 1 aromatic carbocycles. The molecule has 0 bridgehead atoms. The fraction of sp³-hybridized carbons (Fsp3) is 0.500. The van der Waals surface area contributed by atoms with E-state index in [1.807, 2.05) is 19.0 Å². The van der Waals surface area contributed by atoms with Gasteiger partial charge in [-0.15, -0.1) is 0 Å². The van der Waals surface area contributed by atoms with Crippen molar-refractivity contribution in [2.45, 2.75) is 12.5 Å². The molecule has 16 heavy (non-hydrogen) atoms. The highest BCUT2D eigenvalue weighted by Gasteiger charge is 2.18. The van der Waals surface area contributed by atoms with Gasteiger partial charge in [-0.05, 0) is 44.5 Å². The molecule has 1 atom stereocenters. The van der Waals surface area contributed by atoms with Crippen LogP contribution in [0.4, 0.5) is 4.39 Å². The van der Waals surface area contributed by atoms with Crippen molar-refractivity contribution in [3.63, 3.8) is 0 Å². The van der Waals surface area contributed by atoms with Crippen LogP contribution in [-0.4, -0.2) is 31.9 Å². The van der Waals surface area contributed by atoms with Crippen LogP contribution in [0.1, 0.15) is 18.0 Å². The van der Waals surface area contributed by atoms with Crippen LogP contribution in [0.5, 0.6) is 5.75 Å². The van der Waals surface area contributed by atoms with E-state index in [-0.39, 0.29) is 11.9 Å². The van der Waals surface area contributed by atoms with Crippen molar-refractivity contribution in [2.75, 3.05) is 27.0 Å². The molecular formula is C12H18FNOS. The van der Waals surface area contributed by atoms with Crippen LogP contribution in [0.15, 0.2) is 18.2 Å². The predicted molar refractivity (Wildman–Crippen MR) is 67.9 cm³/mol. The molecule has 0 aliphatic heterocycles. The SMILES string of the molecule is COc1ccc(F)cc1C(CCS)N(C)C. The first kappa shape index (κ1) is 13.3. The van der Waals surface area contributed by atoms with Crippen molar-refractivity contribution in [1.82, 2.24) is 4.90 Å². The Bertz CT molecular complexity index is 344. The maximum atomic E-state index is 13.3. The van der Waals surface area contributed by atoms with Crippen molar-refractivity contribution < 1.29 is 9.13 Å². The summed E-state index contributed by atoms with van der Waals surface area (Å²) < 4.78 is 18.5. The highest BCUT2D eigenvalue weighted by Crippen LogP contribution is 2.31. The number of thiol groups is 1. The molecule has 0 radical (unpaired) electrons. The summed E-state index contributed by atoms with van der Waals surface area (Å²) >= 11 is 4.23. The van der Waals surface area contributed by atoms with E-state index >= 15 is 0 Å². The van der Waals surface area contributed by atoms with Gasteiger partial charge in [-0.2, -0.15) is 12.6 Å². The van der Waals surface area contributed by atoms with Gasteiger partial charge in [0.2, 0.25) is 0 Å². The summed E-state index contributed by atoms with van der Waals surface area (Å²) in [5, 5.41) is 0. The lowest BCUT2D eigenvalue weighted by Crippen LogP contribution is -2.21. The lowest BCUT2D eigenvalue weighted by Gasteiger charge is -2.25. The molecular weight excluding hydrogens is 225 g/mol. The van der Waals surface area contributed by atoms with Crippen LogP contribution in [-0.2, 0) is 0 Å². The molecule has 0 saturated carbocycles. The highest BCUT2D eigenvalue weighted by atomic mass is 32.1. The average Bonchev–Trinajstić information content (AvgIpc) is 2.25. The Hall–Kier alpha value is -0.740. The third kappa shape index (κ3) is 3.12. The van der Waals surface area contributed by atoms with E-state index < -0.39 is 0 Å². The Kier molecular flexibility index (Phi) is 5.09. The molecule has 1 aromatic rings. The van der Waals surface area contributed by atoms with Crippen LogP contribution in [0.3, 0.4) is 0 Å². The number of hydrogen-bond acceptors (Lipinski definition) is 3. The second-order valence-electron chi connectivity index (χ2n) is 3.88. The van der Waals surface area contributed by atoms with Gasteiger partial charge in [-0.3, -0.25) is 0 Å². The normalized spacial score (nSPS) is 12.9. The fourth-order valence-corrected chi connectivity index (χ4v) is 2.02. The minimum absolute atomic E-state index is 0.128. The molecule has 0 aliphatic carbocycles. The quantitative estimate of drug-likeness (QED) is 0.798. The van der Waals surface area contributed by atoms with E-state index in [2.05, 4.69) is 12.6 Å². The van der Waals surface area contributed by atoms with E-state index in [0.29, 0.717) is 0 Å². The summed E-state index contributed by atoms with van der Waals surface area (Å²) in [6, 6.07) is 4.74. The molecule has 0 heterocycles. The summed E-state index contributed by atoms with van der Waals surface area (Å²) in [5.74, 6) is 1.24. The fourth-order valence-electron chi connectivity index (χ4n) is 1.78. The number of rotatable bonds is 5. The third-order valence-corrected chi connectivity index (χ3v) is 2.83. The van der Waals surface area contributed by atoms with E-state index in [1.54, 1.807) is 13.2 Å². The monoisotopic (exact) mass is 243 g/mol. The lowest BCUT2D eigenvalue weighted by molar-refractivity contribution is 0.282. The second kappa shape index (κ2) is 6.11.